The van der Waals surface area contributed by atoms with E-state index in [-0.39, 0.29) is 27.0 Å². The molecule has 0 aliphatic heterocycles. The van der Waals surface area contributed by atoms with Gasteiger partial charge in [-0.1, -0.05) is 0 Å². The van der Waals surface area contributed by atoms with Crippen molar-refractivity contribution in [1.29, 1.82) is 5.26 Å². The quantitative estimate of drug-likeness (QED) is 0.721. The third-order valence-corrected chi connectivity index (χ3v) is 4.71. The van der Waals surface area contributed by atoms with E-state index in [0.717, 1.165) is 23.1 Å². The van der Waals surface area contributed by atoms with Crippen molar-refractivity contribution in [3.05, 3.63) is 42.1 Å². The molecule has 25 heavy (non-hydrogen) atoms. The molecule has 0 fully saturated rings. The molecule has 0 amide bonds. The molecule has 2 heterocycles. The Kier molecular flexibility index (Phi) is 4.13. The van der Waals surface area contributed by atoms with Gasteiger partial charge in [-0.3, -0.25) is 9.40 Å². The Morgan fingerprint density at radius 3 is 2.84 bits per heavy atom. The molecule has 2 aromatic heterocycles. The van der Waals surface area contributed by atoms with Crippen LogP contribution in [0.3, 0.4) is 0 Å². The maximum Gasteiger partial charge on any atom is 0.265 e. The van der Waals surface area contributed by atoms with Gasteiger partial charge in [-0.25, -0.2) is 21.6 Å². The first-order valence-corrected chi connectivity index (χ1v) is 8.33. The van der Waals surface area contributed by atoms with Crippen LogP contribution in [-0.2, 0) is 16.6 Å². The molecule has 7 nitrogen and oxygen atoms in total. The summed E-state index contributed by atoms with van der Waals surface area (Å²) in [5.74, 6) is -0.680. The fourth-order valence-electron chi connectivity index (χ4n) is 2.31. The summed E-state index contributed by atoms with van der Waals surface area (Å²) in [5, 5.41) is 12.5. The highest BCUT2D eigenvalue weighted by atomic mass is 32.2. The van der Waals surface area contributed by atoms with Gasteiger partial charge in [0.05, 0.1) is 28.4 Å². The molecule has 11 heteroatoms. The molecule has 0 saturated carbocycles. The average molecular weight is 369 g/mol. The minimum Gasteiger partial charge on any atom is -0.358 e. The fraction of sp³-hybridized carbons (Fsp3) is 0.143. The summed E-state index contributed by atoms with van der Waals surface area (Å²) in [4.78, 5) is 2.32. The molecular weight excluding hydrogens is 359 g/mol. The van der Waals surface area contributed by atoms with Crippen LogP contribution in [0.5, 0.6) is 0 Å². The predicted molar refractivity (Wildman–Crippen MR) is 82.0 cm³/mol. The number of H-pyrrole nitrogens is 1. The zero-order valence-corrected chi connectivity index (χ0v) is 13.2. The second-order valence-electron chi connectivity index (χ2n) is 5.05. The fourth-order valence-corrected chi connectivity index (χ4v) is 3.33. The van der Waals surface area contributed by atoms with Gasteiger partial charge in [0.1, 0.15) is 23.3 Å². The van der Waals surface area contributed by atoms with E-state index >= 15 is 0 Å². The number of nitriles is 1. The lowest BCUT2D eigenvalue weighted by Gasteiger charge is -2.08. The van der Waals surface area contributed by atoms with E-state index in [4.69, 9.17) is 5.26 Å². The summed E-state index contributed by atoms with van der Waals surface area (Å²) >= 11 is 0. The van der Waals surface area contributed by atoms with Crippen LogP contribution >= 0.6 is 0 Å². The van der Waals surface area contributed by atoms with Gasteiger partial charge in [-0.2, -0.15) is 10.4 Å². The number of anilines is 1. The number of fused-ring (bicyclic) bond motifs is 1. The number of nitrogens with zero attached hydrogens (tertiary/aromatic N) is 3. The molecule has 0 bridgehead atoms. The second kappa shape index (κ2) is 6.14. The molecule has 0 atom stereocenters. The Morgan fingerprint density at radius 2 is 2.16 bits per heavy atom. The maximum absolute atomic E-state index is 13.9. The molecule has 2 N–H and O–H groups in total. The summed E-state index contributed by atoms with van der Waals surface area (Å²) in [6, 6.07) is 4.02. The minimum absolute atomic E-state index is 0.0134. The van der Waals surface area contributed by atoms with E-state index in [2.05, 4.69) is 14.8 Å². The van der Waals surface area contributed by atoms with E-state index in [9.17, 15) is 21.6 Å². The van der Waals surface area contributed by atoms with E-state index in [0.29, 0.717) is 0 Å². The van der Waals surface area contributed by atoms with Crippen molar-refractivity contribution >= 4 is 26.6 Å². The molecule has 3 rings (SSSR count). The first-order valence-electron chi connectivity index (χ1n) is 6.85. The van der Waals surface area contributed by atoms with Gasteiger partial charge in [0.25, 0.3) is 16.4 Å². The smallest absolute Gasteiger partial charge is 0.265 e. The topological polar surface area (TPSA) is 104 Å². The first-order chi connectivity index (χ1) is 11.8. The van der Waals surface area contributed by atoms with Crippen LogP contribution in [0.1, 0.15) is 5.56 Å². The summed E-state index contributed by atoms with van der Waals surface area (Å²) in [6.45, 7) is -0.738. The molecule has 0 saturated heterocycles. The zero-order chi connectivity index (χ0) is 18.2. The lowest BCUT2D eigenvalue weighted by atomic mass is 10.1. The lowest BCUT2D eigenvalue weighted by Crippen LogP contribution is -2.13. The Morgan fingerprint density at radius 1 is 1.40 bits per heavy atom. The van der Waals surface area contributed by atoms with Gasteiger partial charge in [0.2, 0.25) is 0 Å². The number of rotatable bonds is 5. The van der Waals surface area contributed by atoms with Crippen LogP contribution in [-0.4, -0.2) is 29.6 Å². The molecular formula is C14H10F3N5O2S. The summed E-state index contributed by atoms with van der Waals surface area (Å²) in [7, 11) is -4.13. The first kappa shape index (κ1) is 16.8. The Balaban J connectivity index is 1.98. The Hall–Kier alpha value is -3.00. The van der Waals surface area contributed by atoms with Crippen molar-refractivity contribution in [3.8, 4) is 6.07 Å². The highest BCUT2D eigenvalue weighted by molar-refractivity contribution is 7.92. The van der Waals surface area contributed by atoms with Crippen LogP contribution in [0.4, 0.5) is 18.9 Å². The van der Waals surface area contributed by atoms with Gasteiger partial charge < -0.3 is 4.98 Å². The van der Waals surface area contributed by atoms with Gasteiger partial charge >= 0.3 is 0 Å². The number of alkyl halides is 2. The van der Waals surface area contributed by atoms with Gasteiger partial charge in [-0.05, 0) is 12.1 Å². The van der Waals surface area contributed by atoms with Crippen LogP contribution in [0.25, 0.3) is 10.9 Å². The largest absolute Gasteiger partial charge is 0.358 e. The number of hydrogen-bond acceptors (Lipinski definition) is 4. The lowest BCUT2D eigenvalue weighted by molar-refractivity contribution is 0.121. The Labute approximate surface area is 139 Å². The van der Waals surface area contributed by atoms with Gasteiger partial charge in [0.15, 0.2) is 0 Å². The summed E-state index contributed by atoms with van der Waals surface area (Å²) in [5.41, 5.74) is 0.137. The van der Waals surface area contributed by atoms with E-state index < -0.39 is 28.8 Å². The molecule has 1 aromatic carbocycles. The molecule has 130 valence electrons. The SMILES string of the molecule is N#Cc1c[nH]c2c(NS(=O)(=O)c3cnn(CC(F)F)c3)ccc(F)c12. The van der Waals surface area contributed by atoms with Crippen molar-refractivity contribution in [2.24, 2.45) is 0 Å². The number of aromatic nitrogens is 3. The van der Waals surface area contributed by atoms with E-state index in [1.807, 2.05) is 0 Å². The summed E-state index contributed by atoms with van der Waals surface area (Å²) in [6.07, 6.45) is 0.473. The number of nitrogens with one attached hydrogen (secondary N) is 2. The average Bonchev–Trinajstić information content (AvgIpc) is 3.17. The number of aromatic amines is 1. The number of halogens is 3. The molecule has 0 spiro atoms. The van der Waals surface area contributed by atoms with Crippen molar-refractivity contribution in [1.82, 2.24) is 14.8 Å². The molecule has 0 aliphatic rings. The summed E-state index contributed by atoms with van der Waals surface area (Å²) < 4.78 is 66.4. The Bertz CT molecular complexity index is 1080. The minimum atomic E-state index is -4.13. The third-order valence-electron chi connectivity index (χ3n) is 3.39. The third kappa shape index (κ3) is 3.16. The van der Waals surface area contributed by atoms with Gasteiger partial charge in [0, 0.05) is 12.4 Å². The molecule has 0 aliphatic carbocycles. The monoisotopic (exact) mass is 369 g/mol. The van der Waals surface area contributed by atoms with Crippen molar-refractivity contribution in [2.75, 3.05) is 4.72 Å². The van der Waals surface area contributed by atoms with E-state index in [1.54, 1.807) is 6.07 Å². The number of hydrogen-bond donors (Lipinski definition) is 2. The highest BCUT2D eigenvalue weighted by Crippen LogP contribution is 2.29. The number of benzene rings is 1. The van der Waals surface area contributed by atoms with Crippen LogP contribution in [0, 0.1) is 17.1 Å². The normalized spacial score (nSPS) is 11.8. The van der Waals surface area contributed by atoms with Crippen LogP contribution < -0.4 is 4.72 Å². The second-order valence-corrected chi connectivity index (χ2v) is 6.74. The predicted octanol–water partition coefficient (Wildman–Crippen LogP) is 2.44. The van der Waals surface area contributed by atoms with Crippen LogP contribution in [0.15, 0.2) is 35.6 Å². The zero-order valence-electron chi connectivity index (χ0n) is 12.4. The molecule has 3 aromatic rings. The van der Waals surface area contributed by atoms with Crippen molar-refractivity contribution in [2.45, 2.75) is 17.9 Å². The molecule has 0 unspecified atom stereocenters. The van der Waals surface area contributed by atoms with Crippen molar-refractivity contribution in [3.63, 3.8) is 0 Å². The highest BCUT2D eigenvalue weighted by Gasteiger charge is 2.20. The maximum atomic E-state index is 13.9. The van der Waals surface area contributed by atoms with Crippen molar-refractivity contribution < 1.29 is 21.6 Å². The molecule has 0 radical (unpaired) electrons. The number of sulfonamides is 1. The standard InChI is InChI=1S/C14H10F3N5O2S/c15-10-1-2-11(14-13(10)8(3-18)4-19-14)21-25(23,24)9-5-20-22(6-9)7-12(16)17/h1-2,4-6,12,19,21H,7H2. The van der Waals surface area contributed by atoms with Gasteiger partial charge in [-0.15, -0.1) is 0 Å². The van der Waals surface area contributed by atoms with E-state index in [1.165, 1.54) is 12.3 Å². The van der Waals surface area contributed by atoms with Crippen LogP contribution in [0.2, 0.25) is 0 Å².